The molecule has 166 valence electrons. The van der Waals surface area contributed by atoms with Gasteiger partial charge in [-0.05, 0) is 63.7 Å². The van der Waals surface area contributed by atoms with Crippen LogP contribution in [0.15, 0.2) is 11.1 Å². The lowest BCUT2D eigenvalue weighted by Gasteiger charge is -2.29. The van der Waals surface area contributed by atoms with Crippen LogP contribution in [-0.4, -0.2) is 60.9 Å². The summed E-state index contributed by atoms with van der Waals surface area (Å²) in [6.07, 6.45) is 6.69. The minimum atomic E-state index is -4.14. The van der Waals surface area contributed by atoms with Crippen LogP contribution in [0.2, 0.25) is 0 Å². The minimum absolute atomic E-state index is 0.0927. The molecular formula is C20H26N6O4S. The normalized spacial score (nSPS) is 19.5. The zero-order valence-electron chi connectivity index (χ0n) is 17.6. The number of carbonyl (C=O) groups is 1. The van der Waals surface area contributed by atoms with Gasteiger partial charge in [-0.2, -0.15) is 5.10 Å². The third-order valence-corrected chi connectivity index (χ3v) is 7.61. The van der Waals surface area contributed by atoms with E-state index in [1.54, 1.807) is 0 Å². The molecule has 10 nitrogen and oxygen atoms in total. The molecule has 11 heteroatoms. The highest BCUT2D eigenvalue weighted by atomic mass is 32.2. The van der Waals surface area contributed by atoms with E-state index in [2.05, 4.69) is 15.1 Å². The molecule has 0 saturated heterocycles. The maximum absolute atomic E-state index is 12.9. The largest absolute Gasteiger partial charge is 0.475 e. The van der Waals surface area contributed by atoms with Gasteiger partial charge in [-0.15, -0.1) is 0 Å². The summed E-state index contributed by atoms with van der Waals surface area (Å²) in [7, 11) is -0.285. The van der Waals surface area contributed by atoms with E-state index in [9.17, 15) is 13.2 Å². The van der Waals surface area contributed by atoms with Gasteiger partial charge in [-0.25, -0.2) is 22.6 Å². The molecule has 0 fully saturated rings. The molecule has 3 heterocycles. The van der Waals surface area contributed by atoms with E-state index in [4.69, 9.17) is 9.72 Å². The molecule has 31 heavy (non-hydrogen) atoms. The number of aromatic nitrogens is 3. The zero-order valence-corrected chi connectivity index (χ0v) is 18.5. The monoisotopic (exact) mass is 446 g/mol. The second kappa shape index (κ2) is 7.49. The lowest BCUT2D eigenvalue weighted by atomic mass is 10.1. The number of carbonyl (C=O) groups excluding carboxylic acids is 1. The summed E-state index contributed by atoms with van der Waals surface area (Å²) in [5.74, 6) is 0.157. The van der Waals surface area contributed by atoms with Gasteiger partial charge in [0, 0.05) is 11.4 Å². The van der Waals surface area contributed by atoms with Crippen molar-refractivity contribution in [1.82, 2.24) is 24.4 Å². The first-order valence-corrected chi connectivity index (χ1v) is 12.0. The second-order valence-corrected chi connectivity index (χ2v) is 10.2. The Hall–Kier alpha value is -2.66. The van der Waals surface area contributed by atoms with Crippen molar-refractivity contribution in [2.45, 2.75) is 56.0 Å². The molecule has 0 radical (unpaired) electrons. The Morgan fingerprint density at radius 2 is 1.84 bits per heavy atom. The van der Waals surface area contributed by atoms with Gasteiger partial charge in [0.25, 0.3) is 10.0 Å². The zero-order chi connectivity index (χ0) is 21.8. The first-order chi connectivity index (χ1) is 14.8. The molecule has 1 unspecified atom stereocenters. The lowest BCUT2D eigenvalue weighted by molar-refractivity contribution is 0.117. The summed E-state index contributed by atoms with van der Waals surface area (Å²) in [5.41, 5.74) is 4.86. The Labute approximate surface area is 181 Å². The number of hydrogen-bond donors (Lipinski definition) is 2. The molecule has 3 aliphatic rings. The molecule has 1 aliphatic heterocycles. The summed E-state index contributed by atoms with van der Waals surface area (Å²) in [4.78, 5) is 19.4. The van der Waals surface area contributed by atoms with Crippen molar-refractivity contribution in [3.8, 4) is 5.88 Å². The number of aryl methyl sites for hydroxylation is 2. The highest BCUT2D eigenvalue weighted by Gasteiger charge is 2.32. The molecular weight excluding hydrogens is 420 g/mol. The third-order valence-electron chi connectivity index (χ3n) is 6.29. The van der Waals surface area contributed by atoms with Crippen molar-refractivity contribution in [3.05, 3.63) is 28.7 Å². The van der Waals surface area contributed by atoms with Crippen LogP contribution >= 0.6 is 0 Å². The fourth-order valence-corrected chi connectivity index (χ4v) is 5.59. The average Bonchev–Trinajstić information content (AvgIpc) is 3.45. The number of urea groups is 1. The van der Waals surface area contributed by atoms with Crippen molar-refractivity contribution in [3.63, 3.8) is 0 Å². The third kappa shape index (κ3) is 3.55. The van der Waals surface area contributed by atoms with E-state index in [-0.39, 0.29) is 16.8 Å². The van der Waals surface area contributed by atoms with Crippen molar-refractivity contribution >= 4 is 21.7 Å². The standard InChI is InChI=1S/C20H26N6O4S/c1-25(2)12-10-26-19(30-11-12)17(9-21-26)31(28,29)24-20(27)23-18-13-5-3-7-15(13)22-16-8-4-6-14(16)18/h9,12H,3-8,10-11H2,1-2H3,(H2,22,23,24,27). The highest BCUT2D eigenvalue weighted by Crippen LogP contribution is 2.36. The number of nitrogens with zero attached hydrogens (tertiary/aromatic N) is 4. The van der Waals surface area contributed by atoms with Gasteiger partial charge in [-0.3, -0.25) is 4.98 Å². The number of ether oxygens (including phenoxy) is 1. The van der Waals surface area contributed by atoms with Gasteiger partial charge in [-0.1, -0.05) is 0 Å². The number of likely N-dealkylation sites (N-methyl/N-ethyl adjacent to an activating group) is 1. The maximum atomic E-state index is 12.9. The summed E-state index contributed by atoms with van der Waals surface area (Å²) >= 11 is 0. The van der Waals surface area contributed by atoms with Gasteiger partial charge in [0.1, 0.15) is 6.61 Å². The van der Waals surface area contributed by atoms with E-state index < -0.39 is 16.1 Å². The predicted octanol–water partition coefficient (Wildman–Crippen LogP) is 1.09. The van der Waals surface area contributed by atoms with Gasteiger partial charge in [0.05, 0.1) is 24.5 Å². The van der Waals surface area contributed by atoms with Gasteiger partial charge in [0.2, 0.25) is 5.88 Å². The van der Waals surface area contributed by atoms with Crippen LogP contribution in [0.5, 0.6) is 5.88 Å². The highest BCUT2D eigenvalue weighted by molar-refractivity contribution is 7.90. The van der Waals surface area contributed by atoms with E-state index >= 15 is 0 Å². The summed E-state index contributed by atoms with van der Waals surface area (Å²) in [5, 5.41) is 6.97. The summed E-state index contributed by atoms with van der Waals surface area (Å²) in [6.45, 7) is 0.863. The van der Waals surface area contributed by atoms with Gasteiger partial charge >= 0.3 is 6.03 Å². The van der Waals surface area contributed by atoms with Gasteiger partial charge < -0.3 is 15.0 Å². The molecule has 1 atom stereocenters. The molecule has 2 amide bonds. The number of rotatable bonds is 4. The first-order valence-electron chi connectivity index (χ1n) is 10.6. The van der Waals surface area contributed by atoms with E-state index in [0.29, 0.717) is 13.2 Å². The van der Waals surface area contributed by atoms with Crippen LogP contribution in [0, 0.1) is 0 Å². The van der Waals surface area contributed by atoms with Crippen LogP contribution in [0.25, 0.3) is 0 Å². The minimum Gasteiger partial charge on any atom is -0.475 e. The number of sulfonamides is 1. The number of fused-ring (bicyclic) bond motifs is 3. The average molecular weight is 447 g/mol. The Morgan fingerprint density at radius 3 is 2.48 bits per heavy atom. The quantitative estimate of drug-likeness (QED) is 0.722. The summed E-state index contributed by atoms with van der Waals surface area (Å²) in [6, 6.07) is -0.689. The molecule has 0 saturated carbocycles. The smallest absolute Gasteiger partial charge is 0.333 e. The second-order valence-electron chi connectivity index (χ2n) is 8.53. The molecule has 5 rings (SSSR count). The SMILES string of the molecule is CN(C)C1COc2c(S(=O)(=O)NC(=O)Nc3c4c(nc5c3CCC5)CCC4)cnn2C1. The number of anilines is 1. The van der Waals surface area contributed by atoms with Crippen LogP contribution in [0.4, 0.5) is 10.5 Å². The summed E-state index contributed by atoms with van der Waals surface area (Å²) < 4.78 is 35.2. The number of pyridine rings is 1. The van der Waals surface area contributed by atoms with E-state index in [0.717, 1.165) is 66.7 Å². The topological polar surface area (TPSA) is 118 Å². The molecule has 0 aromatic carbocycles. The molecule has 2 aromatic rings. The Bertz CT molecular complexity index is 1120. The number of amides is 2. The lowest BCUT2D eigenvalue weighted by Crippen LogP contribution is -2.41. The van der Waals surface area contributed by atoms with Crippen molar-refractivity contribution in [2.75, 3.05) is 26.0 Å². The van der Waals surface area contributed by atoms with E-state index in [1.165, 1.54) is 10.9 Å². The van der Waals surface area contributed by atoms with Crippen LogP contribution in [-0.2, 0) is 42.3 Å². The van der Waals surface area contributed by atoms with Crippen molar-refractivity contribution in [1.29, 1.82) is 0 Å². The molecule has 2 N–H and O–H groups in total. The Balaban J connectivity index is 1.37. The van der Waals surface area contributed by atoms with Crippen LogP contribution < -0.4 is 14.8 Å². The number of nitrogens with one attached hydrogen (secondary N) is 2. The van der Waals surface area contributed by atoms with Crippen molar-refractivity contribution < 1.29 is 17.9 Å². The molecule has 0 spiro atoms. The predicted molar refractivity (Wildman–Crippen MR) is 113 cm³/mol. The Kier molecular flexibility index (Phi) is 4.89. The number of hydrogen-bond acceptors (Lipinski definition) is 7. The van der Waals surface area contributed by atoms with Crippen molar-refractivity contribution in [2.24, 2.45) is 0 Å². The maximum Gasteiger partial charge on any atom is 0.333 e. The Morgan fingerprint density at radius 1 is 1.16 bits per heavy atom. The first kappa shape index (κ1) is 20.3. The fraction of sp³-hybridized carbons (Fsp3) is 0.550. The fourth-order valence-electron chi connectivity index (χ4n) is 4.61. The molecule has 2 aromatic heterocycles. The molecule has 0 bridgehead atoms. The van der Waals surface area contributed by atoms with Crippen LogP contribution in [0.3, 0.4) is 0 Å². The van der Waals surface area contributed by atoms with Crippen LogP contribution in [0.1, 0.15) is 35.4 Å². The van der Waals surface area contributed by atoms with Gasteiger partial charge in [0.15, 0.2) is 4.90 Å². The molecule has 2 aliphatic carbocycles. The van der Waals surface area contributed by atoms with E-state index in [1.807, 2.05) is 19.0 Å².